The van der Waals surface area contributed by atoms with E-state index in [4.69, 9.17) is 4.74 Å². The third-order valence-electron chi connectivity index (χ3n) is 3.61. The van der Waals surface area contributed by atoms with Gasteiger partial charge in [0.2, 0.25) is 17.4 Å². The fourth-order valence-corrected chi connectivity index (χ4v) is 4.59. The molecule has 0 aliphatic rings. The van der Waals surface area contributed by atoms with E-state index in [9.17, 15) is 37.1 Å². The molecule has 0 atom stereocenters. The van der Waals surface area contributed by atoms with Crippen LogP contribution in [0.2, 0.25) is 0 Å². The Bertz CT molecular complexity index is 1050. The van der Waals surface area contributed by atoms with Crippen molar-refractivity contribution in [2.24, 2.45) is 0 Å². The first-order valence-electron chi connectivity index (χ1n) is 8.05. The molecule has 166 valence electrons. The first-order chi connectivity index (χ1) is 14.5. The maximum atomic E-state index is 13.8. The lowest BCUT2D eigenvalue weighted by Crippen LogP contribution is -2.27. The molecule has 13 heteroatoms. The van der Waals surface area contributed by atoms with Gasteiger partial charge in [0, 0.05) is 17.1 Å². The average molecular weight is 777 g/mol. The summed E-state index contributed by atoms with van der Waals surface area (Å²) < 4.78 is 66.4. The van der Waals surface area contributed by atoms with Gasteiger partial charge in [0.05, 0.1) is 23.7 Å². The van der Waals surface area contributed by atoms with Crippen LogP contribution >= 0.6 is 67.8 Å². The zero-order valence-electron chi connectivity index (χ0n) is 14.9. The quantitative estimate of drug-likeness (QED) is 0.106. The average Bonchev–Trinajstić information content (AvgIpc) is 2.69. The largest absolute Gasteiger partial charge is 0.545 e. The summed E-state index contributed by atoms with van der Waals surface area (Å²) >= 11 is 6.07. The molecule has 0 unspecified atom stereocenters. The maximum absolute atomic E-state index is 13.8. The van der Waals surface area contributed by atoms with E-state index < -0.39 is 58.9 Å². The highest BCUT2D eigenvalue weighted by molar-refractivity contribution is 14.1. The number of ether oxygens (including phenoxy) is 2. The number of hydrogen-bond donors (Lipinski definition) is 0. The summed E-state index contributed by atoms with van der Waals surface area (Å²) in [5.74, 6) is -15.0. The van der Waals surface area contributed by atoms with Crippen molar-refractivity contribution >= 4 is 85.7 Å². The Morgan fingerprint density at radius 3 is 2.06 bits per heavy atom. The first-order valence-corrected chi connectivity index (χ1v) is 11.3. The zero-order valence-corrected chi connectivity index (χ0v) is 21.3. The molecule has 0 N–H and O–H groups in total. The van der Waals surface area contributed by atoms with Gasteiger partial charge < -0.3 is 19.4 Å². The van der Waals surface area contributed by atoms with Crippen LogP contribution in [0.3, 0.4) is 0 Å². The number of carboxylic acids is 1. The fraction of sp³-hybridized carbons (Fsp3) is 0.167. The number of halogens is 7. The second kappa shape index (κ2) is 11.1. The Kier molecular flexibility index (Phi) is 9.28. The number of aromatic carboxylic acids is 1. The molecule has 0 amide bonds. The number of carboxylic acid groups (broad SMARTS) is 1. The predicted molar refractivity (Wildman–Crippen MR) is 120 cm³/mol. The topological polar surface area (TPSA) is 92.7 Å². The van der Waals surface area contributed by atoms with Crippen molar-refractivity contribution in [2.75, 3.05) is 6.61 Å². The van der Waals surface area contributed by atoms with Crippen LogP contribution in [0.4, 0.5) is 17.6 Å². The lowest BCUT2D eigenvalue weighted by Gasteiger charge is -2.12. The van der Waals surface area contributed by atoms with Gasteiger partial charge in [0.15, 0.2) is 11.6 Å². The molecule has 0 heterocycles. The van der Waals surface area contributed by atoms with Crippen molar-refractivity contribution in [3.05, 3.63) is 57.2 Å². The van der Waals surface area contributed by atoms with Gasteiger partial charge in [-0.15, -0.1) is 0 Å². The number of hydrogen-bond acceptors (Lipinski definition) is 6. The Morgan fingerprint density at radius 1 is 0.935 bits per heavy atom. The SMILES string of the molecule is O=C(CCCOC(=O)c1cc(I)cc(I)c1I)Oc1c(F)c(F)c(C(=O)[O-])c(F)c1F. The highest BCUT2D eigenvalue weighted by Gasteiger charge is 2.28. The van der Waals surface area contributed by atoms with E-state index in [2.05, 4.69) is 27.3 Å². The summed E-state index contributed by atoms with van der Waals surface area (Å²) in [6.07, 6.45) is -0.633. The summed E-state index contributed by atoms with van der Waals surface area (Å²) in [5, 5.41) is 10.6. The van der Waals surface area contributed by atoms with Gasteiger partial charge in [-0.2, -0.15) is 8.78 Å². The summed E-state index contributed by atoms with van der Waals surface area (Å²) in [5.41, 5.74) is -1.64. The Labute approximate surface area is 213 Å². The monoisotopic (exact) mass is 777 g/mol. The van der Waals surface area contributed by atoms with Gasteiger partial charge in [0.25, 0.3) is 0 Å². The van der Waals surface area contributed by atoms with Gasteiger partial charge in [-0.25, -0.2) is 13.6 Å². The molecule has 0 aliphatic heterocycles. The molecule has 0 radical (unpaired) electrons. The lowest BCUT2D eigenvalue weighted by atomic mass is 10.1. The van der Waals surface area contributed by atoms with Gasteiger partial charge in [-0.05, 0) is 86.3 Å². The van der Waals surface area contributed by atoms with Gasteiger partial charge in [-0.1, -0.05) is 0 Å². The van der Waals surface area contributed by atoms with Gasteiger partial charge in [0.1, 0.15) is 0 Å². The maximum Gasteiger partial charge on any atom is 0.339 e. The Morgan fingerprint density at radius 2 is 1.52 bits per heavy atom. The number of carbonyl (C=O) groups excluding carboxylic acids is 3. The second-order valence-corrected chi connectivity index (χ2v) is 9.20. The van der Waals surface area contributed by atoms with Crippen LogP contribution in [0.5, 0.6) is 5.75 Å². The minimum absolute atomic E-state index is 0.118. The van der Waals surface area contributed by atoms with E-state index in [0.29, 0.717) is 9.13 Å². The van der Waals surface area contributed by atoms with E-state index in [0.717, 1.165) is 7.14 Å². The number of esters is 2. The van der Waals surface area contributed by atoms with Gasteiger partial charge in [-0.3, -0.25) is 4.79 Å². The molecule has 2 rings (SSSR count). The van der Waals surface area contributed by atoms with E-state index in [1.807, 2.05) is 51.2 Å². The molecule has 31 heavy (non-hydrogen) atoms. The highest BCUT2D eigenvalue weighted by atomic mass is 127. The molecule has 0 fully saturated rings. The minimum atomic E-state index is -2.48. The van der Waals surface area contributed by atoms with Crippen molar-refractivity contribution in [2.45, 2.75) is 12.8 Å². The van der Waals surface area contributed by atoms with Crippen LogP contribution in [0.25, 0.3) is 0 Å². The van der Waals surface area contributed by atoms with Crippen molar-refractivity contribution in [1.29, 1.82) is 0 Å². The third-order valence-corrected chi connectivity index (χ3v) is 7.28. The minimum Gasteiger partial charge on any atom is -0.545 e. The van der Waals surface area contributed by atoms with Crippen LogP contribution in [0.15, 0.2) is 12.1 Å². The lowest BCUT2D eigenvalue weighted by molar-refractivity contribution is -0.255. The molecule has 0 aromatic heterocycles. The highest BCUT2D eigenvalue weighted by Crippen LogP contribution is 2.30. The first kappa shape index (κ1) is 26.0. The molecule has 0 saturated heterocycles. The van der Waals surface area contributed by atoms with E-state index in [1.54, 1.807) is 6.07 Å². The standard InChI is InChI=1S/C18H9F4I3O6/c19-11-10(17(27)28)12(20)14(22)16(13(11)21)31-9(26)2-1-3-30-18(29)7-4-6(23)5-8(24)15(7)25/h4-5H,1-3H2,(H,27,28)/p-1. The summed E-state index contributed by atoms with van der Waals surface area (Å²) in [4.78, 5) is 34.5. The third kappa shape index (κ3) is 6.17. The Hall–Kier alpha value is -1.24. The summed E-state index contributed by atoms with van der Waals surface area (Å²) in [6, 6.07) is 3.48. The van der Waals surface area contributed by atoms with Crippen LogP contribution < -0.4 is 9.84 Å². The van der Waals surface area contributed by atoms with E-state index >= 15 is 0 Å². The number of carbonyl (C=O) groups is 3. The summed E-state index contributed by atoms with van der Waals surface area (Å²) in [6.45, 7) is -0.247. The van der Waals surface area contributed by atoms with Crippen LogP contribution in [-0.4, -0.2) is 24.5 Å². The normalized spacial score (nSPS) is 10.7. The van der Waals surface area contributed by atoms with Crippen molar-refractivity contribution in [3.8, 4) is 5.75 Å². The molecular formula is C18H8F4I3O6-. The smallest absolute Gasteiger partial charge is 0.339 e. The second-order valence-electron chi connectivity index (χ2n) is 5.71. The van der Waals surface area contributed by atoms with Crippen molar-refractivity contribution < 1.29 is 46.5 Å². The van der Waals surface area contributed by atoms with E-state index in [-0.39, 0.29) is 13.0 Å². The molecule has 0 aliphatic carbocycles. The van der Waals surface area contributed by atoms with Crippen molar-refractivity contribution in [3.63, 3.8) is 0 Å². The molecule has 0 spiro atoms. The molecule has 2 aromatic rings. The molecular weight excluding hydrogens is 769 g/mol. The fourth-order valence-electron chi connectivity index (χ4n) is 2.21. The van der Waals surface area contributed by atoms with Gasteiger partial charge >= 0.3 is 11.9 Å². The van der Waals surface area contributed by atoms with Crippen LogP contribution in [0.1, 0.15) is 33.6 Å². The van der Waals surface area contributed by atoms with Crippen LogP contribution in [0, 0.1) is 34.0 Å². The molecule has 2 aromatic carbocycles. The molecule has 6 nitrogen and oxygen atoms in total. The van der Waals surface area contributed by atoms with Crippen molar-refractivity contribution in [1.82, 2.24) is 0 Å². The Balaban J connectivity index is 1.98. The zero-order chi connectivity index (χ0) is 23.5. The number of benzene rings is 2. The molecule has 0 bridgehead atoms. The molecule has 0 saturated carbocycles. The van der Waals surface area contributed by atoms with E-state index in [1.165, 1.54) is 0 Å². The van der Waals surface area contributed by atoms with Crippen LogP contribution in [-0.2, 0) is 9.53 Å². The predicted octanol–water partition coefficient (Wildman–Crippen LogP) is 3.96. The number of rotatable bonds is 7. The summed E-state index contributed by atoms with van der Waals surface area (Å²) in [7, 11) is 0.